The van der Waals surface area contributed by atoms with Crippen LogP contribution in [0.5, 0.6) is 0 Å². The minimum absolute atomic E-state index is 0. The van der Waals surface area contributed by atoms with Gasteiger partial charge in [-0.05, 0) is 0 Å². The summed E-state index contributed by atoms with van der Waals surface area (Å²) in [4.78, 5) is 10.1. The SMILES string of the molecule is C=CCc1nnc(C(=O)[O-])o1.[K+]. The first-order valence-corrected chi connectivity index (χ1v) is 2.88. The van der Waals surface area contributed by atoms with Crippen molar-refractivity contribution >= 4 is 5.97 Å². The summed E-state index contributed by atoms with van der Waals surface area (Å²) in [5.74, 6) is -1.74. The molecule has 6 heteroatoms. The molecule has 0 radical (unpaired) electrons. The van der Waals surface area contributed by atoms with E-state index in [4.69, 9.17) is 0 Å². The Balaban J connectivity index is 0.00000121. The van der Waals surface area contributed by atoms with Crippen molar-refractivity contribution in [3.63, 3.8) is 0 Å². The van der Waals surface area contributed by atoms with Crippen molar-refractivity contribution in [1.29, 1.82) is 0 Å². The van der Waals surface area contributed by atoms with Gasteiger partial charge in [-0.1, -0.05) is 6.08 Å². The van der Waals surface area contributed by atoms with E-state index in [2.05, 4.69) is 21.2 Å². The molecule has 0 fully saturated rings. The van der Waals surface area contributed by atoms with Crippen molar-refractivity contribution in [1.82, 2.24) is 10.2 Å². The molecule has 1 aromatic rings. The quantitative estimate of drug-likeness (QED) is 0.362. The van der Waals surface area contributed by atoms with Crippen LogP contribution >= 0.6 is 0 Å². The average Bonchev–Trinajstić information content (AvgIpc) is 2.37. The largest absolute Gasteiger partial charge is 1.00 e. The Bertz CT molecular complexity index is 284. The predicted octanol–water partition coefficient (Wildman–Crippen LogP) is -3.83. The van der Waals surface area contributed by atoms with Crippen LogP contribution in [0.15, 0.2) is 17.1 Å². The molecule has 0 aliphatic rings. The molecular formula is C6H5KN2O3. The Morgan fingerprint density at radius 3 is 2.75 bits per heavy atom. The van der Waals surface area contributed by atoms with Crippen molar-refractivity contribution in [2.45, 2.75) is 6.42 Å². The van der Waals surface area contributed by atoms with Gasteiger partial charge in [0.05, 0.1) is 0 Å². The van der Waals surface area contributed by atoms with Gasteiger partial charge in [-0.3, -0.25) is 0 Å². The summed E-state index contributed by atoms with van der Waals surface area (Å²) >= 11 is 0. The van der Waals surface area contributed by atoms with Crippen LogP contribution in [0.3, 0.4) is 0 Å². The van der Waals surface area contributed by atoms with Crippen LogP contribution in [0.25, 0.3) is 0 Å². The summed E-state index contributed by atoms with van der Waals surface area (Å²) in [7, 11) is 0. The van der Waals surface area contributed by atoms with Gasteiger partial charge in [0.15, 0.2) is 0 Å². The molecule has 0 N–H and O–H groups in total. The van der Waals surface area contributed by atoms with Gasteiger partial charge < -0.3 is 14.3 Å². The van der Waals surface area contributed by atoms with Crippen molar-refractivity contribution in [3.05, 3.63) is 24.4 Å². The molecule has 0 saturated carbocycles. The van der Waals surface area contributed by atoms with Crippen LogP contribution in [-0.4, -0.2) is 16.2 Å². The summed E-state index contributed by atoms with van der Waals surface area (Å²) in [6.07, 6.45) is 1.90. The molecule has 0 amide bonds. The fraction of sp³-hybridized carbons (Fsp3) is 0.167. The summed E-state index contributed by atoms with van der Waals surface area (Å²) in [6.45, 7) is 3.42. The van der Waals surface area contributed by atoms with Gasteiger partial charge in [-0.15, -0.1) is 16.8 Å². The first-order chi connectivity index (χ1) is 5.24. The summed E-state index contributed by atoms with van der Waals surface area (Å²) in [5.41, 5.74) is 0. The van der Waals surface area contributed by atoms with Crippen LogP contribution in [-0.2, 0) is 6.42 Å². The Morgan fingerprint density at radius 1 is 1.67 bits per heavy atom. The minimum Gasteiger partial charge on any atom is -0.540 e. The molecule has 5 nitrogen and oxygen atoms in total. The normalized spacial score (nSPS) is 8.67. The van der Waals surface area contributed by atoms with E-state index < -0.39 is 11.9 Å². The zero-order valence-corrected chi connectivity index (χ0v) is 9.73. The van der Waals surface area contributed by atoms with Crippen LogP contribution < -0.4 is 56.5 Å². The topological polar surface area (TPSA) is 79.0 Å². The predicted molar refractivity (Wildman–Crippen MR) is 32.5 cm³/mol. The number of carboxylic acids is 1. The maximum absolute atomic E-state index is 10.1. The number of aromatic carboxylic acids is 1. The number of rotatable bonds is 3. The van der Waals surface area contributed by atoms with E-state index >= 15 is 0 Å². The van der Waals surface area contributed by atoms with Crippen molar-refractivity contribution in [2.75, 3.05) is 0 Å². The Morgan fingerprint density at radius 2 is 2.33 bits per heavy atom. The van der Waals surface area contributed by atoms with Gasteiger partial charge in [-0.2, -0.15) is 0 Å². The summed E-state index contributed by atoms with van der Waals surface area (Å²) in [5, 5.41) is 16.7. The van der Waals surface area contributed by atoms with E-state index in [9.17, 15) is 9.90 Å². The van der Waals surface area contributed by atoms with Crippen molar-refractivity contribution in [3.8, 4) is 0 Å². The second kappa shape index (κ2) is 5.60. The molecule has 1 rings (SSSR count). The number of carboxylic acid groups (broad SMARTS) is 1. The number of hydrogen-bond acceptors (Lipinski definition) is 5. The van der Waals surface area contributed by atoms with E-state index in [0.29, 0.717) is 6.42 Å². The maximum Gasteiger partial charge on any atom is 1.00 e. The molecule has 0 atom stereocenters. The van der Waals surface area contributed by atoms with Crippen LogP contribution in [0.2, 0.25) is 0 Å². The van der Waals surface area contributed by atoms with E-state index in [0.717, 1.165) is 0 Å². The summed E-state index contributed by atoms with van der Waals surface area (Å²) in [6, 6.07) is 0. The third-order valence-corrected chi connectivity index (χ3v) is 0.960. The van der Waals surface area contributed by atoms with Crippen LogP contribution in [0, 0.1) is 0 Å². The molecule has 0 saturated heterocycles. The third kappa shape index (κ3) is 3.16. The first-order valence-electron chi connectivity index (χ1n) is 2.88. The molecule has 0 aliphatic heterocycles. The van der Waals surface area contributed by atoms with Gasteiger partial charge in [0.2, 0.25) is 5.89 Å². The molecule has 58 valence electrons. The second-order valence-corrected chi connectivity index (χ2v) is 1.78. The molecule has 0 unspecified atom stereocenters. The minimum atomic E-state index is -1.46. The maximum atomic E-state index is 10.1. The van der Waals surface area contributed by atoms with Crippen LogP contribution in [0.1, 0.15) is 16.6 Å². The van der Waals surface area contributed by atoms with E-state index in [-0.39, 0.29) is 57.3 Å². The molecular weight excluding hydrogens is 187 g/mol. The van der Waals surface area contributed by atoms with Gasteiger partial charge in [0.1, 0.15) is 5.97 Å². The zero-order valence-electron chi connectivity index (χ0n) is 6.61. The van der Waals surface area contributed by atoms with Crippen LogP contribution in [0.4, 0.5) is 0 Å². The van der Waals surface area contributed by atoms with E-state index in [1.54, 1.807) is 0 Å². The first kappa shape index (κ1) is 12.0. The van der Waals surface area contributed by atoms with Gasteiger partial charge in [0, 0.05) is 6.42 Å². The Labute approximate surface area is 111 Å². The molecule has 0 spiro atoms. The molecule has 12 heavy (non-hydrogen) atoms. The van der Waals surface area contributed by atoms with Crippen molar-refractivity contribution in [2.24, 2.45) is 0 Å². The average molecular weight is 192 g/mol. The molecule has 1 heterocycles. The Hall–Kier alpha value is -0.0136. The Kier molecular flexibility index (Phi) is 5.59. The van der Waals surface area contributed by atoms with E-state index in [1.807, 2.05) is 0 Å². The van der Waals surface area contributed by atoms with Gasteiger partial charge >= 0.3 is 51.4 Å². The fourth-order valence-electron chi connectivity index (χ4n) is 0.542. The number of hydrogen-bond donors (Lipinski definition) is 0. The third-order valence-electron chi connectivity index (χ3n) is 0.960. The standard InChI is InChI=1S/C6H6N2O3.K/c1-2-3-4-7-8-5(11-4)6(9)10;/h2H,1,3H2,(H,9,10);/q;+1/p-1. The number of aromatic nitrogens is 2. The van der Waals surface area contributed by atoms with Crippen molar-refractivity contribution < 1.29 is 65.7 Å². The molecule has 0 aromatic carbocycles. The molecule has 1 aromatic heterocycles. The number of carbonyl (C=O) groups excluding carboxylic acids is 1. The molecule has 0 aliphatic carbocycles. The zero-order chi connectivity index (χ0) is 8.27. The number of carbonyl (C=O) groups is 1. The number of allylic oxidation sites excluding steroid dienone is 1. The van der Waals surface area contributed by atoms with Gasteiger partial charge in [-0.25, -0.2) is 0 Å². The van der Waals surface area contributed by atoms with E-state index in [1.165, 1.54) is 6.08 Å². The summed E-state index contributed by atoms with van der Waals surface area (Å²) < 4.78 is 4.63. The monoisotopic (exact) mass is 192 g/mol. The fourth-order valence-corrected chi connectivity index (χ4v) is 0.542. The molecule has 0 bridgehead atoms. The number of nitrogens with zero attached hydrogens (tertiary/aromatic N) is 2. The second-order valence-electron chi connectivity index (χ2n) is 1.78. The smallest absolute Gasteiger partial charge is 0.540 e. The van der Waals surface area contributed by atoms with Gasteiger partial charge in [0.25, 0.3) is 5.89 Å².